The van der Waals surface area contributed by atoms with Crippen molar-refractivity contribution in [2.24, 2.45) is 11.3 Å². The third kappa shape index (κ3) is 3.46. The van der Waals surface area contributed by atoms with Crippen LogP contribution in [-0.2, 0) is 16.1 Å². The van der Waals surface area contributed by atoms with E-state index in [-0.39, 0.29) is 5.97 Å². The molecule has 1 unspecified atom stereocenters. The third-order valence-electron chi connectivity index (χ3n) is 4.00. The number of carbonyl (C=O) groups is 1. The molecule has 0 bridgehead atoms. The Bertz CT molecular complexity index is 459. The minimum Gasteiger partial charge on any atom is -0.460 e. The van der Waals surface area contributed by atoms with Crippen molar-refractivity contribution in [3.63, 3.8) is 0 Å². The van der Waals surface area contributed by atoms with Gasteiger partial charge < -0.3 is 4.74 Å². The second kappa shape index (κ2) is 5.60. The lowest BCUT2D eigenvalue weighted by molar-refractivity contribution is -0.154. The van der Waals surface area contributed by atoms with Crippen molar-refractivity contribution in [3.8, 4) is 0 Å². The molecule has 1 atom stereocenters. The Morgan fingerprint density at radius 1 is 1.37 bits per heavy atom. The molecular weight excluding hydrogens is 236 g/mol. The molecule has 2 rings (SSSR count). The summed E-state index contributed by atoms with van der Waals surface area (Å²) in [6, 6.07) is 9.78. The molecule has 2 nitrogen and oxygen atoms in total. The van der Waals surface area contributed by atoms with Crippen LogP contribution in [0.25, 0.3) is 0 Å². The molecule has 0 aromatic heterocycles. The predicted molar refractivity (Wildman–Crippen MR) is 76.5 cm³/mol. The molecule has 0 aliphatic heterocycles. The summed E-state index contributed by atoms with van der Waals surface area (Å²) >= 11 is 0. The van der Waals surface area contributed by atoms with E-state index >= 15 is 0 Å². The first-order chi connectivity index (χ1) is 9.02. The molecule has 102 valence electrons. The second-order valence-electron chi connectivity index (χ2n) is 5.82. The minimum absolute atomic E-state index is 0.143. The molecule has 19 heavy (non-hydrogen) atoms. The number of hydrogen-bond acceptors (Lipinski definition) is 2. The van der Waals surface area contributed by atoms with E-state index in [1.165, 1.54) is 12.8 Å². The van der Waals surface area contributed by atoms with E-state index in [1.807, 2.05) is 44.2 Å². The fourth-order valence-corrected chi connectivity index (χ4v) is 2.21. The molecule has 1 fully saturated rings. The van der Waals surface area contributed by atoms with Crippen molar-refractivity contribution in [2.45, 2.75) is 39.7 Å². The van der Waals surface area contributed by atoms with Crippen LogP contribution < -0.4 is 0 Å². The summed E-state index contributed by atoms with van der Waals surface area (Å²) in [5.74, 6) is 0.529. The highest BCUT2D eigenvalue weighted by atomic mass is 16.5. The first-order valence-electron chi connectivity index (χ1n) is 6.89. The van der Waals surface area contributed by atoms with Gasteiger partial charge in [-0.15, -0.1) is 0 Å². The zero-order valence-electron chi connectivity index (χ0n) is 11.8. The monoisotopic (exact) mass is 258 g/mol. The number of esters is 1. The van der Waals surface area contributed by atoms with Gasteiger partial charge in [-0.2, -0.15) is 0 Å². The van der Waals surface area contributed by atoms with Crippen molar-refractivity contribution in [3.05, 3.63) is 48.0 Å². The van der Waals surface area contributed by atoms with Crippen molar-refractivity contribution in [1.82, 2.24) is 0 Å². The molecule has 1 aromatic rings. The first-order valence-corrected chi connectivity index (χ1v) is 6.89. The highest BCUT2D eigenvalue weighted by Gasteiger charge is 2.41. The summed E-state index contributed by atoms with van der Waals surface area (Å²) in [5, 5.41) is 0. The molecular formula is C17H22O2. The minimum atomic E-state index is -0.532. The lowest BCUT2D eigenvalue weighted by Gasteiger charge is -2.28. The van der Waals surface area contributed by atoms with Crippen LogP contribution in [0.3, 0.4) is 0 Å². The first kappa shape index (κ1) is 13.9. The van der Waals surface area contributed by atoms with Crippen molar-refractivity contribution >= 4 is 5.97 Å². The zero-order chi connectivity index (χ0) is 13.9. The molecule has 0 amide bonds. The fourth-order valence-electron chi connectivity index (χ4n) is 2.21. The predicted octanol–water partition coefficient (Wildman–Crippen LogP) is 4.11. The smallest absolute Gasteiger partial charge is 0.316 e. The van der Waals surface area contributed by atoms with Gasteiger partial charge in [0.2, 0.25) is 0 Å². The van der Waals surface area contributed by atoms with Crippen molar-refractivity contribution in [2.75, 3.05) is 0 Å². The molecule has 1 aliphatic carbocycles. The van der Waals surface area contributed by atoms with Gasteiger partial charge in [-0.05, 0) is 31.7 Å². The average molecular weight is 258 g/mol. The maximum absolute atomic E-state index is 12.4. The Labute approximate surface area is 115 Å². The Morgan fingerprint density at radius 2 is 2.00 bits per heavy atom. The van der Waals surface area contributed by atoms with E-state index in [1.54, 1.807) is 0 Å². The number of ether oxygens (including phenoxy) is 1. The van der Waals surface area contributed by atoms with Gasteiger partial charge in [0.15, 0.2) is 0 Å². The lowest BCUT2D eigenvalue weighted by Crippen LogP contribution is -2.31. The Kier molecular flexibility index (Phi) is 4.08. The molecule has 0 saturated heterocycles. The van der Waals surface area contributed by atoms with Crippen LogP contribution in [0.15, 0.2) is 42.5 Å². The summed E-state index contributed by atoms with van der Waals surface area (Å²) in [6.45, 7) is 8.21. The van der Waals surface area contributed by atoms with E-state index in [9.17, 15) is 4.79 Å². The SMILES string of the molecule is C=C(C)C(C)(CC1CC1)C(=O)OCc1ccccc1. The van der Waals surface area contributed by atoms with Gasteiger partial charge in [-0.25, -0.2) is 0 Å². The van der Waals surface area contributed by atoms with E-state index in [0.29, 0.717) is 12.5 Å². The summed E-state index contributed by atoms with van der Waals surface area (Å²) in [5.41, 5.74) is 1.39. The lowest BCUT2D eigenvalue weighted by atomic mass is 9.79. The Balaban J connectivity index is 1.97. The summed E-state index contributed by atoms with van der Waals surface area (Å²) in [4.78, 5) is 12.4. The van der Waals surface area contributed by atoms with Crippen molar-refractivity contribution in [1.29, 1.82) is 0 Å². The van der Waals surface area contributed by atoms with Crippen LogP contribution in [-0.4, -0.2) is 5.97 Å². The van der Waals surface area contributed by atoms with Gasteiger partial charge in [-0.3, -0.25) is 4.79 Å². The molecule has 2 heteroatoms. The standard InChI is InChI=1S/C17H22O2/c1-13(2)17(3,11-14-9-10-14)16(18)19-12-15-7-5-4-6-8-15/h4-8,14H,1,9-12H2,2-3H3. The van der Waals surface area contributed by atoms with Gasteiger partial charge in [0.05, 0.1) is 5.41 Å². The third-order valence-corrected chi connectivity index (χ3v) is 4.00. The molecule has 0 N–H and O–H groups in total. The van der Waals surface area contributed by atoms with Gasteiger partial charge in [0.1, 0.15) is 6.61 Å². The topological polar surface area (TPSA) is 26.3 Å². The van der Waals surface area contributed by atoms with Gasteiger partial charge in [-0.1, -0.05) is 55.3 Å². The fraction of sp³-hybridized carbons (Fsp3) is 0.471. The molecule has 1 aliphatic rings. The van der Waals surface area contributed by atoms with Gasteiger partial charge >= 0.3 is 5.97 Å². The number of rotatable bonds is 6. The van der Waals surface area contributed by atoms with Gasteiger partial charge in [0.25, 0.3) is 0 Å². The quantitative estimate of drug-likeness (QED) is 0.567. The van der Waals surface area contributed by atoms with Crippen LogP contribution in [0.5, 0.6) is 0 Å². The zero-order valence-corrected chi connectivity index (χ0v) is 11.8. The van der Waals surface area contributed by atoms with Crippen molar-refractivity contribution < 1.29 is 9.53 Å². The van der Waals surface area contributed by atoms with E-state index in [4.69, 9.17) is 4.74 Å². The Hall–Kier alpha value is -1.57. The highest BCUT2D eigenvalue weighted by molar-refractivity contribution is 5.79. The Morgan fingerprint density at radius 3 is 2.53 bits per heavy atom. The molecule has 0 heterocycles. The molecule has 1 saturated carbocycles. The maximum Gasteiger partial charge on any atom is 0.316 e. The van der Waals surface area contributed by atoms with E-state index < -0.39 is 5.41 Å². The molecule has 1 aromatic carbocycles. The molecule has 0 spiro atoms. The maximum atomic E-state index is 12.4. The number of benzene rings is 1. The normalized spacial score (nSPS) is 17.6. The van der Waals surface area contributed by atoms with Crippen LogP contribution >= 0.6 is 0 Å². The molecule has 0 radical (unpaired) electrons. The number of hydrogen-bond donors (Lipinski definition) is 0. The van der Waals surface area contributed by atoms with Gasteiger partial charge in [0, 0.05) is 0 Å². The summed E-state index contributed by atoms with van der Waals surface area (Å²) in [7, 11) is 0. The largest absolute Gasteiger partial charge is 0.460 e. The van der Waals surface area contributed by atoms with Crippen LogP contribution in [0.2, 0.25) is 0 Å². The number of carbonyl (C=O) groups excluding carboxylic acids is 1. The van der Waals surface area contributed by atoms with Crippen LogP contribution in [0.1, 0.15) is 38.7 Å². The van der Waals surface area contributed by atoms with Crippen LogP contribution in [0, 0.1) is 11.3 Å². The average Bonchev–Trinajstić information content (AvgIpc) is 3.20. The summed E-state index contributed by atoms with van der Waals surface area (Å²) in [6.07, 6.45) is 3.33. The highest BCUT2D eigenvalue weighted by Crippen LogP contribution is 2.44. The second-order valence-corrected chi connectivity index (χ2v) is 5.82. The van der Waals surface area contributed by atoms with E-state index in [2.05, 4.69) is 6.58 Å². The van der Waals surface area contributed by atoms with E-state index in [0.717, 1.165) is 17.6 Å². The summed E-state index contributed by atoms with van der Waals surface area (Å²) < 4.78 is 5.48. The van der Waals surface area contributed by atoms with Crippen LogP contribution in [0.4, 0.5) is 0 Å².